The molecule has 0 aromatic heterocycles. The molecule has 4 N–H and O–H groups in total. The Balaban J connectivity index is 4.45. The minimum Gasteiger partial charge on any atom is -0.459 e. The van der Waals surface area contributed by atoms with Gasteiger partial charge in [-0.25, -0.2) is 0 Å². The van der Waals surface area contributed by atoms with Crippen LogP contribution in [0.2, 0.25) is 0 Å². The van der Waals surface area contributed by atoms with E-state index in [1.807, 2.05) is 55.4 Å². The van der Waals surface area contributed by atoms with Crippen molar-refractivity contribution in [3.8, 4) is 0 Å². The summed E-state index contributed by atoms with van der Waals surface area (Å²) in [5.74, 6) is -10.8. The van der Waals surface area contributed by atoms with Crippen molar-refractivity contribution in [1.29, 1.82) is 0 Å². The average molecular weight is 1260 g/mol. The number of nitrogens with zero attached hydrogens (tertiary/aromatic N) is 7. The summed E-state index contributed by atoms with van der Waals surface area (Å²) in [5, 5.41) is 11.0. The molecule has 0 spiro atoms. The van der Waals surface area contributed by atoms with Gasteiger partial charge in [0, 0.05) is 56.3 Å². The standard InChI is InChI=1S/C65H113N11O13/c1-26-28-29-30-42(15)55(89-45(18)77)54-59(82)68-46(27-2)61(84)70(19)35-51(78)71(20)47(31-36(3)4)58(81)69-52(40(11)12)64(87)72(21)48(32-37(5)6)57(80)66-43(16)56(79)67-44(17)60(83)73(22)49(33-38(7)8)62(85)74(23)50(34-39(9)10)63(86)75(24)53(41(13)14)65(88)76(54)25/h26,28-29,36-44,46-50,52-55H,1,27,30-35H2,2-25H3,(H,66,80)(H,67,79)(H,68,82)(H,69,81)/b29-28+/t42-,43+,44-,46+,47+,48+,49+,50+,52+,53+,54+,55-/m1/s1. The number of rotatable bonds is 17. The van der Waals surface area contributed by atoms with Crippen molar-refractivity contribution in [2.75, 3.05) is 55.9 Å². The van der Waals surface area contributed by atoms with E-state index in [-0.39, 0.29) is 62.2 Å². The Morgan fingerprint density at radius 1 is 0.506 bits per heavy atom. The van der Waals surface area contributed by atoms with Crippen LogP contribution in [0.25, 0.3) is 0 Å². The zero-order valence-electron chi connectivity index (χ0n) is 58.2. The van der Waals surface area contributed by atoms with Gasteiger partial charge in [-0.3, -0.25) is 57.5 Å². The summed E-state index contributed by atoms with van der Waals surface area (Å²) in [6.07, 6.45) is 4.40. The molecule has 24 heteroatoms. The molecule has 0 aromatic rings. The maximum atomic E-state index is 15.4. The second kappa shape index (κ2) is 36.7. The fourth-order valence-electron chi connectivity index (χ4n) is 11.1. The van der Waals surface area contributed by atoms with Crippen LogP contribution >= 0.6 is 0 Å². The summed E-state index contributed by atoms with van der Waals surface area (Å²) in [6, 6.07) is -12.6. The maximum absolute atomic E-state index is 15.4. The van der Waals surface area contributed by atoms with E-state index in [1.165, 1.54) is 87.7 Å². The molecule has 1 fully saturated rings. The lowest BCUT2D eigenvalue weighted by Crippen LogP contribution is -2.64. The summed E-state index contributed by atoms with van der Waals surface area (Å²) in [4.78, 5) is 183. The molecule has 0 aromatic carbocycles. The van der Waals surface area contributed by atoms with E-state index in [9.17, 15) is 38.4 Å². The van der Waals surface area contributed by atoms with Crippen molar-refractivity contribution in [3.63, 3.8) is 0 Å². The van der Waals surface area contributed by atoms with E-state index in [4.69, 9.17) is 4.74 Å². The van der Waals surface area contributed by atoms with Gasteiger partial charge in [-0.2, -0.15) is 0 Å². The SMILES string of the molecule is C=C/C=C/C[C@@H](C)[C@@H](OC(C)=O)[C@H]1C(=O)N[C@@H](CC)C(=O)N(C)CC(=O)N(C)[C@@H](CC(C)C)C(=O)N[C@@H](C(C)C)C(=O)N(C)[C@@H](CC(C)C)C(=O)N[C@@H](C)C(=O)N[C@H](C)C(=O)N(C)[C@@H](CC(C)C)C(=O)N(C)[C@@H](CC(C)C)C(=O)N(C)[C@@H](C(C)C)C(=O)N1C. The molecule has 1 rings (SSSR count). The zero-order chi connectivity index (χ0) is 69.0. The number of hydrogen-bond acceptors (Lipinski definition) is 13. The topological polar surface area (TPSA) is 285 Å². The van der Waals surface area contributed by atoms with Crippen LogP contribution in [-0.2, 0) is 62.3 Å². The van der Waals surface area contributed by atoms with Crippen molar-refractivity contribution in [3.05, 3.63) is 24.8 Å². The van der Waals surface area contributed by atoms with Crippen molar-refractivity contribution in [2.24, 2.45) is 41.4 Å². The molecule has 0 unspecified atom stereocenters. The number of allylic oxidation sites excluding steroid dienone is 3. The van der Waals surface area contributed by atoms with Gasteiger partial charge in [0.2, 0.25) is 65.0 Å². The molecule has 0 radical (unpaired) electrons. The molecule has 12 atom stereocenters. The number of amides is 11. The molecule has 1 saturated heterocycles. The summed E-state index contributed by atoms with van der Waals surface area (Å²) in [6.45, 7) is 32.3. The number of esters is 1. The molecular formula is C65H113N11O13. The Labute approximate surface area is 531 Å². The van der Waals surface area contributed by atoms with Crippen LogP contribution in [0.4, 0.5) is 0 Å². The van der Waals surface area contributed by atoms with Gasteiger partial charge >= 0.3 is 5.97 Å². The first-order chi connectivity index (χ1) is 41.1. The van der Waals surface area contributed by atoms with Crippen molar-refractivity contribution in [2.45, 2.75) is 223 Å². The van der Waals surface area contributed by atoms with E-state index in [1.54, 1.807) is 59.8 Å². The Morgan fingerprint density at radius 3 is 1.38 bits per heavy atom. The average Bonchev–Trinajstić information content (AvgIpc) is 0.961. The number of carbonyl (C=O) groups is 12. The molecular weight excluding hydrogens is 1140 g/mol. The largest absolute Gasteiger partial charge is 0.459 e. The maximum Gasteiger partial charge on any atom is 0.303 e. The highest BCUT2D eigenvalue weighted by atomic mass is 16.5. The van der Waals surface area contributed by atoms with Crippen LogP contribution in [0, 0.1) is 41.4 Å². The molecule has 24 nitrogen and oxygen atoms in total. The molecule has 1 aliphatic rings. The molecule has 1 aliphatic heterocycles. The normalized spacial score (nSPS) is 26.1. The highest BCUT2D eigenvalue weighted by molar-refractivity contribution is 5.99. The van der Waals surface area contributed by atoms with Crippen LogP contribution in [0.15, 0.2) is 24.8 Å². The smallest absolute Gasteiger partial charge is 0.303 e. The molecule has 0 aliphatic carbocycles. The minimum absolute atomic E-state index is 0.0132. The zero-order valence-corrected chi connectivity index (χ0v) is 58.2. The van der Waals surface area contributed by atoms with Gasteiger partial charge in [-0.15, -0.1) is 0 Å². The van der Waals surface area contributed by atoms with Gasteiger partial charge in [0.1, 0.15) is 66.5 Å². The molecule has 89 heavy (non-hydrogen) atoms. The lowest BCUT2D eigenvalue weighted by molar-refractivity contribution is -0.164. The summed E-state index contributed by atoms with van der Waals surface area (Å²) >= 11 is 0. The van der Waals surface area contributed by atoms with Gasteiger partial charge < -0.3 is 60.3 Å². The van der Waals surface area contributed by atoms with Crippen molar-refractivity contribution in [1.82, 2.24) is 55.6 Å². The first kappa shape index (κ1) is 80.1. The first-order valence-electron chi connectivity index (χ1n) is 31.6. The predicted octanol–water partition coefficient (Wildman–Crippen LogP) is 4.01. The van der Waals surface area contributed by atoms with Gasteiger partial charge in [0.15, 0.2) is 0 Å². The number of nitrogens with one attached hydrogen (secondary N) is 4. The highest BCUT2D eigenvalue weighted by Crippen LogP contribution is 2.27. The lowest BCUT2D eigenvalue weighted by Gasteiger charge is -2.42. The number of ether oxygens (including phenoxy) is 1. The van der Waals surface area contributed by atoms with Crippen LogP contribution in [0.5, 0.6) is 0 Å². The van der Waals surface area contributed by atoms with Crippen molar-refractivity contribution >= 4 is 70.9 Å². The minimum atomic E-state index is -1.63. The lowest BCUT2D eigenvalue weighted by atomic mass is 9.91. The second-order valence-electron chi connectivity index (χ2n) is 26.8. The van der Waals surface area contributed by atoms with Crippen molar-refractivity contribution < 1.29 is 62.3 Å². The summed E-state index contributed by atoms with van der Waals surface area (Å²) < 4.78 is 5.94. The predicted molar refractivity (Wildman–Crippen MR) is 343 cm³/mol. The van der Waals surface area contributed by atoms with Gasteiger partial charge in [-0.1, -0.05) is 122 Å². The third-order valence-electron chi connectivity index (χ3n) is 16.4. The molecule has 0 bridgehead atoms. The Morgan fingerprint density at radius 2 is 0.933 bits per heavy atom. The van der Waals surface area contributed by atoms with Gasteiger partial charge in [0.25, 0.3) is 0 Å². The van der Waals surface area contributed by atoms with E-state index in [2.05, 4.69) is 27.8 Å². The first-order valence-corrected chi connectivity index (χ1v) is 31.6. The fourth-order valence-corrected chi connectivity index (χ4v) is 11.1. The van der Waals surface area contributed by atoms with E-state index in [0.717, 1.165) is 16.7 Å². The third kappa shape index (κ3) is 23.1. The monoisotopic (exact) mass is 1260 g/mol. The number of hydrogen-bond donors (Lipinski definition) is 4. The highest BCUT2D eigenvalue weighted by Gasteiger charge is 2.47. The molecule has 0 saturated carbocycles. The molecule has 11 amide bonds. The third-order valence-corrected chi connectivity index (χ3v) is 16.4. The fraction of sp³-hybridized carbons (Fsp3) is 0.754. The second-order valence-corrected chi connectivity index (χ2v) is 26.8. The molecule has 506 valence electrons. The van der Waals surface area contributed by atoms with Crippen LogP contribution in [-0.4, -0.2) is 228 Å². The van der Waals surface area contributed by atoms with E-state index >= 15 is 19.2 Å². The Kier molecular flexibility index (Phi) is 33.0. The van der Waals surface area contributed by atoms with Gasteiger partial charge in [-0.05, 0) is 93.8 Å². The Hall–Kier alpha value is -6.88. The number of carbonyl (C=O) groups excluding carboxylic acids is 12. The summed E-state index contributed by atoms with van der Waals surface area (Å²) in [5.41, 5.74) is 0. The van der Waals surface area contributed by atoms with E-state index < -0.39 is 162 Å². The van der Waals surface area contributed by atoms with E-state index in [0.29, 0.717) is 0 Å². The number of likely N-dealkylation sites (N-methyl/N-ethyl adjacent to an activating group) is 7. The quantitative estimate of drug-likeness (QED) is 0.119. The Bertz CT molecular complexity index is 2500. The summed E-state index contributed by atoms with van der Waals surface area (Å²) in [7, 11) is 9.85. The van der Waals surface area contributed by atoms with Crippen LogP contribution in [0.1, 0.15) is 156 Å². The molecule has 1 heterocycles. The van der Waals surface area contributed by atoms with Gasteiger partial charge in [0.05, 0.1) is 6.54 Å². The van der Waals surface area contributed by atoms with Crippen LogP contribution in [0.3, 0.4) is 0 Å². The van der Waals surface area contributed by atoms with Crippen LogP contribution < -0.4 is 21.3 Å².